The molecule has 0 heterocycles. The number of phenols is 2. The zero-order chi connectivity index (χ0) is 11.4. The molecule has 6 heteroatoms. The van der Waals surface area contributed by atoms with Crippen molar-refractivity contribution in [2.45, 2.75) is 12.5 Å². The summed E-state index contributed by atoms with van der Waals surface area (Å²) in [5.41, 5.74) is 6.17. The Balaban J connectivity index is 2.73. The van der Waals surface area contributed by atoms with Gasteiger partial charge in [0.05, 0.1) is 0 Å². The van der Waals surface area contributed by atoms with Crippen LogP contribution in [0, 0.1) is 0 Å². The molecule has 0 aromatic heterocycles. The van der Waals surface area contributed by atoms with Gasteiger partial charge in [-0.05, 0) is 0 Å². The van der Waals surface area contributed by atoms with E-state index in [1.165, 1.54) is 12.1 Å². The van der Waals surface area contributed by atoms with Crippen LogP contribution in [0.5, 0.6) is 11.5 Å². The molecule has 0 spiro atoms. The van der Waals surface area contributed by atoms with E-state index in [4.69, 9.17) is 10.8 Å². The van der Waals surface area contributed by atoms with E-state index in [0.717, 1.165) is 0 Å². The molecule has 1 atom stereocenters. The number of nitrogens with two attached hydrogens (primary N) is 1. The predicted molar refractivity (Wildman–Crippen MR) is 47.5 cm³/mol. The van der Waals surface area contributed by atoms with Gasteiger partial charge in [0.1, 0.15) is 0 Å². The van der Waals surface area contributed by atoms with Gasteiger partial charge in [0.2, 0.25) is 0 Å². The van der Waals surface area contributed by atoms with E-state index in [0.29, 0.717) is 5.56 Å². The topological polar surface area (TPSA) is 92.8 Å². The fourth-order valence-corrected chi connectivity index (χ4v) is 1.41. The normalized spacial score (nSPS) is 12.2. The molecule has 0 aliphatic heterocycles. The van der Waals surface area contributed by atoms with Crippen LogP contribution in [0.15, 0.2) is 18.2 Å². The van der Waals surface area contributed by atoms with Gasteiger partial charge in [-0.15, -0.1) is 0 Å². The molecule has 0 saturated heterocycles. The molecule has 0 bridgehead atoms. The third-order valence-electron chi connectivity index (χ3n) is 1.86. The van der Waals surface area contributed by atoms with E-state index in [2.05, 4.69) is 3.24 Å². The quantitative estimate of drug-likeness (QED) is 0.496. The van der Waals surface area contributed by atoms with Gasteiger partial charge in [-0.25, -0.2) is 0 Å². The van der Waals surface area contributed by atoms with Crippen molar-refractivity contribution in [2.75, 3.05) is 0 Å². The van der Waals surface area contributed by atoms with Crippen LogP contribution in [0.1, 0.15) is 5.56 Å². The van der Waals surface area contributed by atoms with Crippen molar-refractivity contribution in [2.24, 2.45) is 5.73 Å². The molecule has 0 aliphatic carbocycles. The van der Waals surface area contributed by atoms with Gasteiger partial charge < -0.3 is 0 Å². The number of benzene rings is 1. The number of aromatic hydroxyl groups is 2. The minimum absolute atomic E-state index is 0.206. The Labute approximate surface area is 99.3 Å². The van der Waals surface area contributed by atoms with Crippen molar-refractivity contribution in [1.29, 1.82) is 0 Å². The number of carbonyl (C=O) groups is 1. The Kier molecular flexibility index (Phi) is 4.16. The number of rotatable bonds is 3. The van der Waals surface area contributed by atoms with Crippen LogP contribution in [0.25, 0.3) is 0 Å². The summed E-state index contributed by atoms with van der Waals surface area (Å²) in [6.07, 6.45) is 0.242. The summed E-state index contributed by atoms with van der Waals surface area (Å²) < 4.78 is 4.41. The van der Waals surface area contributed by atoms with Gasteiger partial charge in [0, 0.05) is 0 Å². The Morgan fingerprint density at radius 1 is 1.47 bits per heavy atom. The van der Waals surface area contributed by atoms with Crippen LogP contribution >= 0.6 is 0 Å². The first-order valence-electron chi connectivity index (χ1n) is 4.10. The second-order valence-electron chi connectivity index (χ2n) is 3.01. The molecule has 15 heavy (non-hydrogen) atoms. The van der Waals surface area contributed by atoms with Gasteiger partial charge in [-0.1, -0.05) is 0 Å². The summed E-state index contributed by atoms with van der Waals surface area (Å²) in [6.45, 7) is 0. The Morgan fingerprint density at radius 2 is 2.13 bits per heavy atom. The standard InChI is InChI=1S/C9H11NO4.Au/c10-6(9(13)14)3-5-1-2-7(11)8(12)4-5;/h1-2,4,6,11-12H,3,10H2,(H,13,14);/q;+1/p-1/t6-;/m0./s1. The molecular formula is C9H10AuNO4. The van der Waals surface area contributed by atoms with E-state index in [9.17, 15) is 9.90 Å². The van der Waals surface area contributed by atoms with Crippen molar-refractivity contribution in [3.63, 3.8) is 0 Å². The summed E-state index contributed by atoms with van der Waals surface area (Å²) >= 11 is 1.64. The average Bonchev–Trinajstić information content (AvgIpc) is 2.22. The minimum atomic E-state index is -0.779. The SMILES string of the molecule is N[C@@H](Cc1ccc(O)c(O)c1)C(=O)[O][Au]. The van der Waals surface area contributed by atoms with Crippen LogP contribution in [0.2, 0.25) is 0 Å². The molecule has 0 aliphatic rings. The first-order valence-corrected chi connectivity index (χ1v) is 4.98. The van der Waals surface area contributed by atoms with Gasteiger partial charge in [-0.3, -0.25) is 0 Å². The second-order valence-corrected chi connectivity index (χ2v) is 3.46. The van der Waals surface area contributed by atoms with E-state index in [-0.39, 0.29) is 17.9 Å². The van der Waals surface area contributed by atoms with Gasteiger partial charge in [-0.2, -0.15) is 0 Å². The molecule has 86 valence electrons. The van der Waals surface area contributed by atoms with Crippen molar-refractivity contribution in [3.05, 3.63) is 23.8 Å². The van der Waals surface area contributed by atoms with Crippen LogP contribution < -0.4 is 5.73 Å². The van der Waals surface area contributed by atoms with E-state index in [1.807, 2.05) is 0 Å². The fourth-order valence-electron chi connectivity index (χ4n) is 1.08. The van der Waals surface area contributed by atoms with Crippen LogP contribution in [0.4, 0.5) is 0 Å². The first-order chi connectivity index (χ1) is 7.04. The Hall–Kier alpha value is -1.01. The van der Waals surface area contributed by atoms with Crippen molar-refractivity contribution < 1.29 is 39.7 Å². The zero-order valence-electron chi connectivity index (χ0n) is 7.61. The number of hydrogen-bond donors (Lipinski definition) is 3. The molecule has 0 amide bonds. The monoisotopic (exact) mass is 393 g/mol. The van der Waals surface area contributed by atoms with Gasteiger partial charge in [0.25, 0.3) is 0 Å². The molecular weight excluding hydrogens is 383 g/mol. The molecule has 4 N–H and O–H groups in total. The maximum atomic E-state index is 11.0. The van der Waals surface area contributed by atoms with Crippen molar-refractivity contribution in [1.82, 2.24) is 0 Å². The third-order valence-corrected chi connectivity index (χ3v) is 2.29. The summed E-state index contributed by atoms with van der Waals surface area (Å²) in [6, 6.07) is 3.49. The van der Waals surface area contributed by atoms with E-state index >= 15 is 0 Å². The van der Waals surface area contributed by atoms with Gasteiger partial charge in [0.15, 0.2) is 0 Å². The Bertz CT molecular complexity index is 369. The molecule has 0 fully saturated rings. The van der Waals surface area contributed by atoms with Crippen LogP contribution in [-0.2, 0) is 35.9 Å². The number of phenolic OH excluding ortho intramolecular Hbond substituents is 2. The molecule has 0 unspecified atom stereocenters. The maximum absolute atomic E-state index is 11.0. The molecule has 0 saturated carbocycles. The molecule has 0 radical (unpaired) electrons. The molecule has 5 nitrogen and oxygen atoms in total. The molecule has 1 aromatic rings. The first kappa shape index (κ1) is 12.1. The van der Waals surface area contributed by atoms with Crippen molar-refractivity contribution >= 4 is 5.97 Å². The van der Waals surface area contributed by atoms with Crippen molar-refractivity contribution in [3.8, 4) is 11.5 Å². The second kappa shape index (κ2) is 5.18. The van der Waals surface area contributed by atoms with Crippen LogP contribution in [-0.4, -0.2) is 22.2 Å². The summed E-state index contributed by atoms with van der Waals surface area (Å²) in [7, 11) is 0. The molecule has 1 aromatic carbocycles. The summed E-state index contributed by atoms with van der Waals surface area (Å²) in [4.78, 5) is 11.0. The summed E-state index contributed by atoms with van der Waals surface area (Å²) in [5.74, 6) is -0.978. The van der Waals surface area contributed by atoms with E-state index < -0.39 is 12.0 Å². The predicted octanol–water partition coefficient (Wildman–Crippen LogP) is -0.0274. The van der Waals surface area contributed by atoms with E-state index in [1.54, 1.807) is 27.5 Å². The number of hydrogen-bond acceptors (Lipinski definition) is 5. The summed E-state index contributed by atoms with van der Waals surface area (Å²) in [5, 5.41) is 18.3. The van der Waals surface area contributed by atoms with Gasteiger partial charge >= 0.3 is 99.1 Å². The average molecular weight is 393 g/mol. The van der Waals surface area contributed by atoms with Crippen LogP contribution in [0.3, 0.4) is 0 Å². The Morgan fingerprint density at radius 3 is 2.67 bits per heavy atom. The molecule has 1 rings (SSSR count). The third kappa shape index (κ3) is 3.24. The fraction of sp³-hybridized carbons (Fsp3) is 0.222. The number of carbonyl (C=O) groups excluding carboxylic acids is 1. The zero-order valence-corrected chi connectivity index (χ0v) is 9.77.